The molecule has 0 heterocycles. The molecule has 0 aliphatic rings. The zero-order chi connectivity index (χ0) is 13.8. The maximum atomic E-state index is 5.98. The average Bonchev–Trinajstić information content (AvgIpc) is 2.31. The van der Waals surface area contributed by atoms with Gasteiger partial charge in [0.05, 0.1) is 0 Å². The van der Waals surface area contributed by atoms with Gasteiger partial charge in [-0.1, -0.05) is 43.1 Å². The van der Waals surface area contributed by atoms with Crippen LogP contribution in [0, 0.1) is 0 Å². The van der Waals surface area contributed by atoms with E-state index in [2.05, 4.69) is 45.0 Å². The van der Waals surface area contributed by atoms with E-state index in [1.807, 2.05) is 0 Å². The Balaban J connectivity index is 3.92. The van der Waals surface area contributed by atoms with E-state index in [-0.39, 0.29) is 0 Å². The first-order valence-corrected chi connectivity index (χ1v) is 7.67. The molecule has 0 atom stereocenters. The SMILES string of the molecule is CCCCC/C=C(/CCl)CC/C=C(/C)CN(C)C. The number of nitrogens with zero attached hydrogens (tertiary/aromatic N) is 1. The monoisotopic (exact) mass is 271 g/mol. The van der Waals surface area contributed by atoms with E-state index in [1.54, 1.807) is 0 Å². The molecule has 18 heavy (non-hydrogen) atoms. The second-order valence-electron chi connectivity index (χ2n) is 5.32. The van der Waals surface area contributed by atoms with Crippen molar-refractivity contribution in [2.75, 3.05) is 26.5 Å². The molecule has 0 aromatic carbocycles. The fraction of sp³-hybridized carbons (Fsp3) is 0.750. The van der Waals surface area contributed by atoms with Gasteiger partial charge in [0.1, 0.15) is 0 Å². The van der Waals surface area contributed by atoms with Crippen LogP contribution in [0.25, 0.3) is 0 Å². The summed E-state index contributed by atoms with van der Waals surface area (Å²) in [7, 11) is 4.21. The number of rotatable bonds is 10. The predicted molar refractivity (Wildman–Crippen MR) is 84.5 cm³/mol. The standard InChI is InChI=1S/C16H30ClN/c1-5-6-7-8-11-16(13-17)12-9-10-15(2)14-18(3)4/h10-11H,5-9,12-14H2,1-4H3/b15-10-,16-11+. The first-order valence-electron chi connectivity index (χ1n) is 7.14. The summed E-state index contributed by atoms with van der Waals surface area (Å²) in [5.74, 6) is 0.687. The Hall–Kier alpha value is -0.270. The number of halogens is 1. The number of alkyl halides is 1. The first kappa shape index (κ1) is 17.7. The lowest BCUT2D eigenvalue weighted by molar-refractivity contribution is 0.444. The fourth-order valence-electron chi connectivity index (χ4n) is 1.99. The Morgan fingerprint density at radius 2 is 1.83 bits per heavy atom. The summed E-state index contributed by atoms with van der Waals surface area (Å²) in [4.78, 5) is 2.20. The van der Waals surface area contributed by atoms with Crippen molar-refractivity contribution in [2.24, 2.45) is 0 Å². The van der Waals surface area contributed by atoms with Gasteiger partial charge in [0.15, 0.2) is 0 Å². The molecule has 0 saturated carbocycles. The van der Waals surface area contributed by atoms with E-state index in [0.717, 1.165) is 19.4 Å². The Morgan fingerprint density at radius 1 is 1.11 bits per heavy atom. The van der Waals surface area contributed by atoms with Crippen molar-refractivity contribution in [3.63, 3.8) is 0 Å². The van der Waals surface area contributed by atoms with Crippen LogP contribution >= 0.6 is 11.6 Å². The summed E-state index contributed by atoms with van der Waals surface area (Å²) in [6, 6.07) is 0. The summed E-state index contributed by atoms with van der Waals surface area (Å²) in [5, 5.41) is 0. The molecule has 0 N–H and O–H groups in total. The van der Waals surface area contributed by atoms with E-state index < -0.39 is 0 Å². The van der Waals surface area contributed by atoms with E-state index >= 15 is 0 Å². The third-order valence-corrected chi connectivity index (χ3v) is 3.28. The Labute approximate surface area is 119 Å². The Morgan fingerprint density at radius 3 is 2.39 bits per heavy atom. The second kappa shape index (κ2) is 11.8. The molecule has 0 spiro atoms. The molecule has 0 unspecified atom stereocenters. The largest absolute Gasteiger partial charge is 0.305 e. The van der Waals surface area contributed by atoms with Gasteiger partial charge >= 0.3 is 0 Å². The molecule has 0 bridgehead atoms. The quantitative estimate of drug-likeness (QED) is 0.306. The second-order valence-corrected chi connectivity index (χ2v) is 5.59. The summed E-state index contributed by atoms with van der Waals surface area (Å²) >= 11 is 5.98. The lowest BCUT2D eigenvalue weighted by atomic mass is 10.1. The number of hydrogen-bond donors (Lipinski definition) is 0. The smallest absolute Gasteiger partial charge is 0.0433 e. The molecular formula is C16H30ClN. The molecule has 2 heteroatoms. The average molecular weight is 272 g/mol. The molecule has 1 nitrogen and oxygen atoms in total. The van der Waals surface area contributed by atoms with Crippen molar-refractivity contribution in [1.29, 1.82) is 0 Å². The van der Waals surface area contributed by atoms with Crippen molar-refractivity contribution in [3.05, 3.63) is 23.3 Å². The highest BCUT2D eigenvalue weighted by Gasteiger charge is 1.96. The van der Waals surface area contributed by atoms with Crippen LogP contribution in [0.5, 0.6) is 0 Å². The lowest BCUT2D eigenvalue weighted by Crippen LogP contribution is -2.13. The van der Waals surface area contributed by atoms with E-state index in [0.29, 0.717) is 5.88 Å². The minimum absolute atomic E-state index is 0.687. The van der Waals surface area contributed by atoms with Crippen LogP contribution in [0.1, 0.15) is 52.4 Å². The predicted octanol–water partition coefficient (Wildman–Crippen LogP) is 5.02. The minimum Gasteiger partial charge on any atom is -0.305 e. The maximum absolute atomic E-state index is 5.98. The molecule has 0 aliphatic heterocycles. The van der Waals surface area contributed by atoms with Crippen molar-refractivity contribution in [1.82, 2.24) is 4.90 Å². The molecule has 0 amide bonds. The van der Waals surface area contributed by atoms with E-state index in [4.69, 9.17) is 11.6 Å². The molecule has 0 radical (unpaired) electrons. The van der Waals surface area contributed by atoms with Gasteiger partial charge in [0.25, 0.3) is 0 Å². The minimum atomic E-state index is 0.687. The zero-order valence-electron chi connectivity index (χ0n) is 12.6. The fourth-order valence-corrected chi connectivity index (χ4v) is 2.23. The van der Waals surface area contributed by atoms with Crippen LogP contribution in [0.4, 0.5) is 0 Å². The van der Waals surface area contributed by atoms with Gasteiger partial charge in [-0.2, -0.15) is 0 Å². The van der Waals surface area contributed by atoms with Crippen LogP contribution in [-0.4, -0.2) is 31.4 Å². The van der Waals surface area contributed by atoms with Crippen molar-refractivity contribution < 1.29 is 0 Å². The lowest BCUT2D eigenvalue weighted by Gasteiger charge is -2.09. The molecule has 0 aromatic rings. The first-order chi connectivity index (χ1) is 8.60. The number of unbranched alkanes of at least 4 members (excludes halogenated alkanes) is 3. The molecule has 0 saturated heterocycles. The molecular weight excluding hydrogens is 242 g/mol. The van der Waals surface area contributed by atoms with Crippen molar-refractivity contribution >= 4 is 11.6 Å². The maximum Gasteiger partial charge on any atom is 0.0433 e. The topological polar surface area (TPSA) is 3.24 Å². The summed E-state index contributed by atoms with van der Waals surface area (Å²) in [6.45, 7) is 5.49. The van der Waals surface area contributed by atoms with Crippen molar-refractivity contribution in [2.45, 2.75) is 52.4 Å². The van der Waals surface area contributed by atoms with Gasteiger partial charge in [0.2, 0.25) is 0 Å². The Kier molecular flexibility index (Phi) is 11.6. The third kappa shape index (κ3) is 10.9. The number of allylic oxidation sites excluding steroid dienone is 3. The number of hydrogen-bond acceptors (Lipinski definition) is 1. The van der Waals surface area contributed by atoms with Crippen LogP contribution in [0.15, 0.2) is 23.3 Å². The Bertz CT molecular complexity index is 254. The molecule has 106 valence electrons. The zero-order valence-corrected chi connectivity index (χ0v) is 13.4. The van der Waals surface area contributed by atoms with E-state index in [1.165, 1.54) is 36.8 Å². The summed E-state index contributed by atoms with van der Waals surface area (Å²) < 4.78 is 0. The van der Waals surface area contributed by atoms with Gasteiger partial charge in [-0.25, -0.2) is 0 Å². The van der Waals surface area contributed by atoms with Gasteiger partial charge in [-0.3, -0.25) is 0 Å². The number of likely N-dealkylation sites (N-methyl/N-ethyl adjacent to an activating group) is 1. The highest BCUT2D eigenvalue weighted by Crippen LogP contribution is 2.12. The van der Waals surface area contributed by atoms with Crippen LogP contribution in [0.2, 0.25) is 0 Å². The third-order valence-electron chi connectivity index (χ3n) is 2.94. The van der Waals surface area contributed by atoms with E-state index in [9.17, 15) is 0 Å². The molecule has 0 fully saturated rings. The molecule has 0 rings (SSSR count). The summed E-state index contributed by atoms with van der Waals surface area (Å²) in [6.07, 6.45) is 12.0. The highest BCUT2D eigenvalue weighted by atomic mass is 35.5. The van der Waals surface area contributed by atoms with Crippen molar-refractivity contribution in [3.8, 4) is 0 Å². The van der Waals surface area contributed by atoms with Gasteiger partial charge < -0.3 is 4.90 Å². The van der Waals surface area contributed by atoms with Crippen LogP contribution < -0.4 is 0 Å². The van der Waals surface area contributed by atoms with Crippen LogP contribution in [-0.2, 0) is 0 Å². The summed E-state index contributed by atoms with van der Waals surface area (Å²) in [5.41, 5.74) is 2.85. The molecule has 0 aliphatic carbocycles. The van der Waals surface area contributed by atoms with Gasteiger partial charge in [-0.15, -0.1) is 11.6 Å². The highest BCUT2D eigenvalue weighted by molar-refractivity contribution is 6.19. The van der Waals surface area contributed by atoms with Gasteiger partial charge in [0, 0.05) is 12.4 Å². The van der Waals surface area contributed by atoms with Gasteiger partial charge in [-0.05, 0) is 46.7 Å². The normalized spacial score (nSPS) is 13.4. The van der Waals surface area contributed by atoms with Crippen LogP contribution in [0.3, 0.4) is 0 Å². The molecule has 0 aromatic heterocycles.